The number of phenols is 1. The lowest BCUT2D eigenvalue weighted by Gasteiger charge is -2.26. The molecule has 0 unspecified atom stereocenters. The quantitative estimate of drug-likeness (QED) is 0.217. The molecule has 0 bridgehead atoms. The van der Waals surface area contributed by atoms with E-state index in [2.05, 4.69) is 141 Å². The number of aryl methyl sites for hydroxylation is 2. The van der Waals surface area contributed by atoms with Crippen molar-refractivity contribution in [1.82, 2.24) is 14.5 Å². The fourth-order valence-corrected chi connectivity index (χ4v) is 6.74. The Labute approximate surface area is 274 Å². The van der Waals surface area contributed by atoms with E-state index in [0.717, 1.165) is 55.8 Å². The lowest BCUT2D eigenvalue weighted by Crippen LogP contribution is -2.22. The number of phenolic OH excluding ortho intramolecular Hbond substituents is 1. The summed E-state index contributed by atoms with van der Waals surface area (Å²) in [4.78, 5) is 10.3. The van der Waals surface area contributed by atoms with Crippen LogP contribution in [0.25, 0.3) is 55.6 Å². The Hall–Kier alpha value is -4.44. The third kappa shape index (κ3) is 5.59. The maximum atomic E-state index is 11.2. The first-order valence-electron chi connectivity index (χ1n) is 16.3. The first kappa shape index (κ1) is 31.5. The fraction of sp³-hybridized carbons (Fsp3) is 0.333. The van der Waals surface area contributed by atoms with Crippen LogP contribution in [0.4, 0.5) is 0 Å². The molecule has 0 radical (unpaired) electrons. The second-order valence-electron chi connectivity index (χ2n) is 16.0. The normalized spacial score (nSPS) is 12.8. The van der Waals surface area contributed by atoms with Gasteiger partial charge in [-0.25, -0.2) is 4.98 Å². The number of pyridine rings is 1. The molecule has 0 spiro atoms. The maximum Gasteiger partial charge on any atom is 0.145 e. The molecular weight excluding hydrogens is 562 g/mol. The number of imidazole rings is 1. The highest BCUT2D eigenvalue weighted by Crippen LogP contribution is 2.42. The standard InChI is InChI=1S/C42H47N3O/c1-25-19-27(23-28(20-25)31-21-26(2)22-32-34(41(6,7)8)17-18-43-37(31)32)30-13-12-14-35-38(30)44-39(45(35)42(9,10)11)33-24-29(40(3,4)5)15-16-36(33)46/h12-24,46H,1-11H3. The van der Waals surface area contributed by atoms with E-state index < -0.39 is 0 Å². The van der Waals surface area contributed by atoms with Gasteiger partial charge in [0.25, 0.3) is 0 Å². The van der Waals surface area contributed by atoms with Gasteiger partial charge in [0, 0.05) is 28.2 Å². The van der Waals surface area contributed by atoms with Crippen molar-refractivity contribution in [3.05, 3.63) is 101 Å². The molecule has 4 nitrogen and oxygen atoms in total. The Bertz CT molecular complexity index is 2130. The van der Waals surface area contributed by atoms with Gasteiger partial charge in [0.2, 0.25) is 0 Å². The minimum atomic E-state index is -0.276. The van der Waals surface area contributed by atoms with Gasteiger partial charge in [-0.3, -0.25) is 4.98 Å². The molecule has 0 aliphatic rings. The van der Waals surface area contributed by atoms with Gasteiger partial charge in [-0.05, 0) is 121 Å². The fourth-order valence-electron chi connectivity index (χ4n) is 6.74. The summed E-state index contributed by atoms with van der Waals surface area (Å²) in [6, 6.07) is 25.8. The average Bonchev–Trinajstić information content (AvgIpc) is 3.35. The highest BCUT2D eigenvalue weighted by molar-refractivity contribution is 5.99. The lowest BCUT2D eigenvalue weighted by molar-refractivity contribution is 0.411. The highest BCUT2D eigenvalue weighted by Gasteiger charge is 2.27. The Balaban J connectivity index is 1.61. The molecule has 1 N–H and O–H groups in total. The monoisotopic (exact) mass is 609 g/mol. The second kappa shape index (κ2) is 10.8. The SMILES string of the molecule is Cc1cc(-c2cc(C)cc3c(C(C)(C)C)ccnc23)cc(-c2cccc3c2nc(-c2cc(C(C)(C)C)ccc2O)n3C(C)(C)C)c1. The summed E-state index contributed by atoms with van der Waals surface area (Å²) in [5.41, 5.74) is 12.7. The summed E-state index contributed by atoms with van der Waals surface area (Å²) in [7, 11) is 0. The van der Waals surface area contributed by atoms with Crippen molar-refractivity contribution in [2.24, 2.45) is 0 Å². The van der Waals surface area contributed by atoms with Crippen molar-refractivity contribution in [2.45, 2.75) is 92.5 Å². The molecule has 2 heterocycles. The van der Waals surface area contributed by atoms with Gasteiger partial charge in [0.15, 0.2) is 0 Å². The summed E-state index contributed by atoms with van der Waals surface area (Å²) in [5.74, 6) is 1.01. The third-order valence-corrected chi connectivity index (χ3v) is 8.96. The minimum Gasteiger partial charge on any atom is -0.507 e. The Morgan fingerprint density at radius 2 is 1.30 bits per heavy atom. The van der Waals surface area contributed by atoms with Crippen molar-refractivity contribution in [3.63, 3.8) is 0 Å². The van der Waals surface area contributed by atoms with Crippen LogP contribution >= 0.6 is 0 Å². The van der Waals surface area contributed by atoms with E-state index in [1.54, 1.807) is 6.07 Å². The van der Waals surface area contributed by atoms with Crippen LogP contribution in [0.2, 0.25) is 0 Å². The summed E-state index contributed by atoms with van der Waals surface area (Å²) >= 11 is 0. The Morgan fingerprint density at radius 3 is 1.96 bits per heavy atom. The van der Waals surface area contributed by atoms with Crippen LogP contribution in [0.15, 0.2) is 79.0 Å². The van der Waals surface area contributed by atoms with E-state index >= 15 is 0 Å². The van der Waals surface area contributed by atoms with Gasteiger partial charge >= 0.3 is 0 Å². The largest absolute Gasteiger partial charge is 0.507 e. The number of hydrogen-bond donors (Lipinski definition) is 1. The molecule has 4 heteroatoms. The molecule has 6 rings (SSSR count). The summed E-state index contributed by atoms with van der Waals surface area (Å²) in [6.07, 6.45) is 1.95. The van der Waals surface area contributed by atoms with Crippen molar-refractivity contribution < 1.29 is 5.11 Å². The molecule has 0 fully saturated rings. The highest BCUT2D eigenvalue weighted by atomic mass is 16.3. The zero-order valence-electron chi connectivity index (χ0n) is 29.3. The molecule has 46 heavy (non-hydrogen) atoms. The van der Waals surface area contributed by atoms with E-state index in [9.17, 15) is 5.11 Å². The van der Waals surface area contributed by atoms with Crippen LogP contribution in [-0.4, -0.2) is 19.6 Å². The molecule has 0 saturated carbocycles. The summed E-state index contributed by atoms with van der Waals surface area (Å²) in [5, 5.41) is 12.4. The molecule has 0 saturated heterocycles. The van der Waals surface area contributed by atoms with Crippen LogP contribution in [0.3, 0.4) is 0 Å². The van der Waals surface area contributed by atoms with E-state index in [1.165, 1.54) is 22.1 Å². The second-order valence-corrected chi connectivity index (χ2v) is 16.0. The number of rotatable bonds is 3. The van der Waals surface area contributed by atoms with Gasteiger partial charge in [-0.15, -0.1) is 0 Å². The Kier molecular flexibility index (Phi) is 7.42. The summed E-state index contributed by atoms with van der Waals surface area (Å²) < 4.78 is 2.27. The van der Waals surface area contributed by atoms with Crippen LogP contribution < -0.4 is 0 Å². The summed E-state index contributed by atoms with van der Waals surface area (Å²) in [6.45, 7) is 24.3. The topological polar surface area (TPSA) is 50.9 Å². The first-order valence-corrected chi connectivity index (χ1v) is 16.3. The zero-order valence-corrected chi connectivity index (χ0v) is 29.3. The minimum absolute atomic E-state index is 0.00405. The number of benzene rings is 4. The zero-order chi connectivity index (χ0) is 33.3. The van der Waals surface area contributed by atoms with Gasteiger partial charge < -0.3 is 9.67 Å². The van der Waals surface area contributed by atoms with Crippen molar-refractivity contribution in [3.8, 4) is 39.4 Å². The third-order valence-electron chi connectivity index (χ3n) is 8.96. The van der Waals surface area contributed by atoms with E-state index in [4.69, 9.17) is 9.97 Å². The molecule has 0 aliphatic carbocycles. The molecular formula is C42H47N3O. The van der Waals surface area contributed by atoms with Crippen LogP contribution in [-0.2, 0) is 16.4 Å². The van der Waals surface area contributed by atoms with Crippen molar-refractivity contribution in [1.29, 1.82) is 0 Å². The molecule has 0 aliphatic heterocycles. The number of hydrogen-bond acceptors (Lipinski definition) is 3. The van der Waals surface area contributed by atoms with Gasteiger partial charge in [-0.2, -0.15) is 0 Å². The van der Waals surface area contributed by atoms with E-state index in [-0.39, 0.29) is 22.1 Å². The number of para-hydroxylation sites is 1. The number of nitrogens with zero attached hydrogens (tertiary/aromatic N) is 3. The van der Waals surface area contributed by atoms with E-state index in [0.29, 0.717) is 0 Å². The van der Waals surface area contributed by atoms with Crippen LogP contribution in [0, 0.1) is 13.8 Å². The molecule has 0 amide bonds. The molecule has 2 aromatic heterocycles. The average molecular weight is 610 g/mol. The van der Waals surface area contributed by atoms with Crippen LogP contribution in [0.1, 0.15) is 84.6 Å². The Morgan fingerprint density at radius 1 is 0.630 bits per heavy atom. The molecule has 6 aromatic rings. The maximum absolute atomic E-state index is 11.2. The molecule has 4 aromatic carbocycles. The lowest BCUT2D eigenvalue weighted by atomic mass is 9.83. The number of aromatic hydroxyl groups is 1. The molecule has 0 atom stereocenters. The van der Waals surface area contributed by atoms with E-state index in [1.807, 2.05) is 12.3 Å². The smallest absolute Gasteiger partial charge is 0.145 e. The van der Waals surface area contributed by atoms with Crippen molar-refractivity contribution >= 4 is 21.9 Å². The predicted octanol–water partition coefficient (Wildman–Crippen LogP) is 11.3. The molecule has 236 valence electrons. The van der Waals surface area contributed by atoms with Gasteiger partial charge in [-0.1, -0.05) is 71.9 Å². The number of aromatic nitrogens is 3. The van der Waals surface area contributed by atoms with Gasteiger partial charge in [0.05, 0.1) is 22.1 Å². The van der Waals surface area contributed by atoms with Crippen LogP contribution in [0.5, 0.6) is 5.75 Å². The van der Waals surface area contributed by atoms with Crippen molar-refractivity contribution in [2.75, 3.05) is 0 Å². The number of fused-ring (bicyclic) bond motifs is 2. The van der Waals surface area contributed by atoms with Gasteiger partial charge in [0.1, 0.15) is 11.6 Å². The first-order chi connectivity index (χ1) is 21.4. The predicted molar refractivity (Wildman–Crippen MR) is 195 cm³/mol.